The normalized spacial score (nSPS) is 21.6. The zero-order valence-corrected chi connectivity index (χ0v) is 11.0. The molecule has 0 bridgehead atoms. The number of carbonyl (C=O) groups excluding carboxylic acids is 1. The molecule has 1 saturated heterocycles. The summed E-state index contributed by atoms with van der Waals surface area (Å²) in [7, 11) is 0. The quantitative estimate of drug-likeness (QED) is 0.834. The fourth-order valence-electron chi connectivity index (χ4n) is 2.09. The van der Waals surface area contributed by atoms with Crippen LogP contribution in [0.15, 0.2) is 23.1 Å². The molecule has 2 heterocycles. The summed E-state index contributed by atoms with van der Waals surface area (Å²) < 4.78 is 6.62. The third kappa shape index (κ3) is 3.05. The van der Waals surface area contributed by atoms with Crippen molar-refractivity contribution in [2.24, 2.45) is 0 Å². The van der Waals surface area contributed by atoms with Crippen LogP contribution in [0.3, 0.4) is 0 Å². The number of aliphatic carboxylic acids is 1. The second-order valence-electron chi connectivity index (χ2n) is 4.56. The highest BCUT2D eigenvalue weighted by molar-refractivity contribution is 5.94. The van der Waals surface area contributed by atoms with E-state index in [1.807, 2.05) is 6.92 Å². The van der Waals surface area contributed by atoms with E-state index in [0.717, 1.165) is 0 Å². The van der Waals surface area contributed by atoms with E-state index in [4.69, 9.17) is 9.84 Å². The summed E-state index contributed by atoms with van der Waals surface area (Å²) in [6.45, 7) is 2.33. The summed E-state index contributed by atoms with van der Waals surface area (Å²) in [6, 6.07) is 2.88. The highest BCUT2D eigenvalue weighted by atomic mass is 16.5. The van der Waals surface area contributed by atoms with Gasteiger partial charge in [0, 0.05) is 18.8 Å². The maximum Gasteiger partial charge on any atom is 0.332 e. The predicted octanol–water partition coefficient (Wildman–Crippen LogP) is 0.439. The van der Waals surface area contributed by atoms with Crippen molar-refractivity contribution in [3.05, 3.63) is 28.7 Å². The van der Waals surface area contributed by atoms with Crippen LogP contribution in [0.25, 0.3) is 0 Å². The summed E-state index contributed by atoms with van der Waals surface area (Å²) in [5.74, 6) is -1.45. The number of nitrogens with one attached hydrogen (secondary N) is 1. The van der Waals surface area contributed by atoms with E-state index in [0.29, 0.717) is 25.1 Å². The molecule has 1 aliphatic rings. The third-order valence-electron chi connectivity index (χ3n) is 3.18. The molecule has 0 saturated carbocycles. The van der Waals surface area contributed by atoms with Gasteiger partial charge < -0.3 is 19.7 Å². The number of rotatable bonds is 4. The first-order valence-corrected chi connectivity index (χ1v) is 6.41. The van der Waals surface area contributed by atoms with E-state index in [1.54, 1.807) is 6.20 Å². The Morgan fingerprint density at radius 2 is 2.10 bits per heavy atom. The molecule has 0 aliphatic carbocycles. The van der Waals surface area contributed by atoms with Gasteiger partial charge in [-0.15, -0.1) is 0 Å². The van der Waals surface area contributed by atoms with Crippen LogP contribution in [0.5, 0.6) is 0 Å². The van der Waals surface area contributed by atoms with Crippen LogP contribution in [0, 0.1) is 0 Å². The first-order valence-electron chi connectivity index (χ1n) is 6.41. The van der Waals surface area contributed by atoms with Crippen LogP contribution in [0.4, 0.5) is 5.69 Å². The Morgan fingerprint density at radius 1 is 1.40 bits per heavy atom. The summed E-state index contributed by atoms with van der Waals surface area (Å²) in [4.78, 5) is 34.1. The number of nitrogens with zero attached hydrogens (tertiary/aromatic N) is 1. The van der Waals surface area contributed by atoms with Gasteiger partial charge in [-0.05, 0) is 25.8 Å². The lowest BCUT2D eigenvalue weighted by Gasteiger charge is -2.12. The van der Waals surface area contributed by atoms with E-state index in [1.165, 1.54) is 16.7 Å². The average Bonchev–Trinajstić information content (AvgIpc) is 2.91. The van der Waals surface area contributed by atoms with Gasteiger partial charge in [-0.1, -0.05) is 0 Å². The van der Waals surface area contributed by atoms with Crippen LogP contribution >= 0.6 is 0 Å². The number of aromatic nitrogens is 1. The van der Waals surface area contributed by atoms with Crippen molar-refractivity contribution in [3.8, 4) is 0 Å². The lowest BCUT2D eigenvalue weighted by atomic mass is 10.2. The number of carboxylic acids is 1. The maximum atomic E-state index is 12.0. The molecule has 7 nitrogen and oxygen atoms in total. The number of carbonyl (C=O) groups is 2. The van der Waals surface area contributed by atoms with Crippen LogP contribution in [-0.2, 0) is 20.9 Å². The number of aryl methyl sites for hydroxylation is 1. The Labute approximate surface area is 115 Å². The van der Waals surface area contributed by atoms with E-state index in [9.17, 15) is 14.4 Å². The molecule has 108 valence electrons. The Kier molecular flexibility index (Phi) is 4.19. The van der Waals surface area contributed by atoms with Crippen LogP contribution in [0.2, 0.25) is 0 Å². The minimum atomic E-state index is -1.06. The number of carboxylic acid groups (broad SMARTS) is 1. The van der Waals surface area contributed by atoms with Gasteiger partial charge in [0.25, 0.3) is 11.5 Å². The van der Waals surface area contributed by atoms with E-state index >= 15 is 0 Å². The lowest BCUT2D eigenvalue weighted by molar-refractivity contribution is -0.150. The monoisotopic (exact) mass is 280 g/mol. The first kappa shape index (κ1) is 14.3. The van der Waals surface area contributed by atoms with Crippen molar-refractivity contribution in [2.75, 3.05) is 5.32 Å². The largest absolute Gasteiger partial charge is 0.479 e. The molecular formula is C13H16N2O5. The number of hydrogen-bond acceptors (Lipinski definition) is 4. The van der Waals surface area contributed by atoms with Crippen molar-refractivity contribution >= 4 is 17.6 Å². The molecular weight excluding hydrogens is 264 g/mol. The molecule has 1 amide bonds. The molecule has 7 heteroatoms. The number of pyridine rings is 1. The molecule has 1 aromatic heterocycles. The van der Waals surface area contributed by atoms with Crippen LogP contribution in [0.1, 0.15) is 19.8 Å². The van der Waals surface area contributed by atoms with Gasteiger partial charge in [-0.3, -0.25) is 9.59 Å². The highest BCUT2D eigenvalue weighted by Gasteiger charge is 2.34. The second kappa shape index (κ2) is 5.87. The smallest absolute Gasteiger partial charge is 0.332 e. The van der Waals surface area contributed by atoms with E-state index in [-0.39, 0.29) is 5.56 Å². The molecule has 2 N–H and O–H groups in total. The van der Waals surface area contributed by atoms with E-state index < -0.39 is 24.1 Å². The molecule has 1 aliphatic heterocycles. The van der Waals surface area contributed by atoms with Gasteiger partial charge in [0.2, 0.25) is 0 Å². The Balaban J connectivity index is 2.02. The fraction of sp³-hybridized carbons (Fsp3) is 0.462. The minimum absolute atomic E-state index is 0.145. The molecule has 20 heavy (non-hydrogen) atoms. The zero-order valence-electron chi connectivity index (χ0n) is 11.0. The van der Waals surface area contributed by atoms with Gasteiger partial charge in [0.05, 0.1) is 5.69 Å². The average molecular weight is 280 g/mol. The molecule has 2 atom stereocenters. The maximum absolute atomic E-state index is 12.0. The van der Waals surface area contributed by atoms with Crippen LogP contribution in [-0.4, -0.2) is 33.8 Å². The predicted molar refractivity (Wildman–Crippen MR) is 70.5 cm³/mol. The van der Waals surface area contributed by atoms with Gasteiger partial charge >= 0.3 is 5.97 Å². The molecule has 0 radical (unpaired) electrons. The summed E-state index contributed by atoms with van der Waals surface area (Å²) >= 11 is 0. The van der Waals surface area contributed by atoms with E-state index in [2.05, 4.69) is 5.32 Å². The molecule has 0 spiro atoms. The fourth-order valence-corrected chi connectivity index (χ4v) is 2.09. The van der Waals surface area contributed by atoms with Crippen molar-refractivity contribution in [3.63, 3.8) is 0 Å². The molecule has 1 fully saturated rings. The number of ether oxygens (including phenoxy) is 1. The summed E-state index contributed by atoms with van der Waals surface area (Å²) in [5.41, 5.74) is 0.340. The standard InChI is InChI=1S/C13H16N2O5/c1-2-15-7-8(3-6-11(15)16)14-12(17)9-4-5-10(20-9)13(18)19/h3,6-7,9-10H,2,4-5H2,1H3,(H,14,17)(H,18,19)/t9-,10+/m0/s1. The van der Waals surface area contributed by atoms with Gasteiger partial charge in [-0.2, -0.15) is 0 Å². The molecule has 0 unspecified atom stereocenters. The highest BCUT2D eigenvalue weighted by Crippen LogP contribution is 2.21. The molecule has 0 aromatic carbocycles. The van der Waals surface area contributed by atoms with Gasteiger partial charge in [0.15, 0.2) is 6.10 Å². The van der Waals surface area contributed by atoms with Crippen molar-refractivity contribution in [2.45, 2.75) is 38.5 Å². The van der Waals surface area contributed by atoms with Crippen molar-refractivity contribution in [1.82, 2.24) is 4.57 Å². The minimum Gasteiger partial charge on any atom is -0.479 e. The Hall–Kier alpha value is -2.15. The van der Waals surface area contributed by atoms with Crippen LogP contribution < -0.4 is 10.9 Å². The second-order valence-corrected chi connectivity index (χ2v) is 4.56. The third-order valence-corrected chi connectivity index (χ3v) is 3.18. The Bertz CT molecular complexity index is 580. The Morgan fingerprint density at radius 3 is 2.70 bits per heavy atom. The number of hydrogen-bond donors (Lipinski definition) is 2. The number of anilines is 1. The molecule has 2 rings (SSSR count). The zero-order chi connectivity index (χ0) is 14.7. The molecule has 1 aromatic rings. The topological polar surface area (TPSA) is 97.6 Å². The van der Waals surface area contributed by atoms with Gasteiger partial charge in [-0.25, -0.2) is 4.79 Å². The summed E-state index contributed by atoms with van der Waals surface area (Å²) in [6.07, 6.45) is 0.551. The van der Waals surface area contributed by atoms with Crippen molar-refractivity contribution in [1.29, 1.82) is 0 Å². The van der Waals surface area contributed by atoms with Crippen molar-refractivity contribution < 1.29 is 19.4 Å². The number of amides is 1. The lowest BCUT2D eigenvalue weighted by Crippen LogP contribution is -2.30. The van der Waals surface area contributed by atoms with Gasteiger partial charge in [0.1, 0.15) is 6.10 Å². The summed E-state index contributed by atoms with van der Waals surface area (Å²) in [5, 5.41) is 11.4. The first-order chi connectivity index (χ1) is 9.51. The SMILES string of the molecule is CCn1cc(NC(=O)[C@@H]2CC[C@H](C(=O)O)O2)ccc1=O.